The van der Waals surface area contributed by atoms with Crippen molar-refractivity contribution in [2.24, 2.45) is 0 Å². The number of amides is 1. The maximum atomic E-state index is 13.0. The molecule has 1 aliphatic rings. The van der Waals surface area contributed by atoms with Crippen molar-refractivity contribution in [1.82, 2.24) is 5.32 Å². The number of fused-ring (bicyclic) bond motifs is 2. The second kappa shape index (κ2) is 6.95. The fraction of sp³-hybridized carbons (Fsp3) is 0.0833. The Labute approximate surface area is 166 Å². The van der Waals surface area contributed by atoms with E-state index in [2.05, 4.69) is 5.32 Å². The Morgan fingerprint density at radius 2 is 1.59 bits per heavy atom. The molecule has 1 unspecified atom stereocenters. The van der Waals surface area contributed by atoms with Crippen molar-refractivity contribution >= 4 is 16.9 Å². The highest BCUT2D eigenvalue weighted by Gasteiger charge is 2.35. The SMILES string of the molecule is O=C1NC(c2ccc(OCc3ccccc3)cc2)c2c1oc1ccccc1c2=O. The van der Waals surface area contributed by atoms with Crippen LogP contribution in [0.15, 0.2) is 88.1 Å². The Hall–Kier alpha value is -3.86. The minimum atomic E-state index is -0.540. The van der Waals surface area contributed by atoms with Crippen LogP contribution < -0.4 is 15.5 Å². The van der Waals surface area contributed by atoms with Crippen LogP contribution in [0.25, 0.3) is 11.0 Å². The highest BCUT2D eigenvalue weighted by atomic mass is 16.5. The number of benzene rings is 3. The van der Waals surface area contributed by atoms with Crippen molar-refractivity contribution in [2.45, 2.75) is 12.6 Å². The molecule has 0 saturated carbocycles. The number of carbonyl (C=O) groups excluding carboxylic acids is 1. The van der Waals surface area contributed by atoms with E-state index in [0.717, 1.165) is 11.1 Å². The number of carbonyl (C=O) groups is 1. The predicted octanol–water partition coefficient (Wildman–Crippen LogP) is 4.20. The van der Waals surface area contributed by atoms with E-state index in [0.29, 0.717) is 28.9 Å². The number of rotatable bonds is 4. The Morgan fingerprint density at radius 3 is 2.38 bits per heavy atom. The predicted molar refractivity (Wildman–Crippen MR) is 109 cm³/mol. The number of hydrogen-bond donors (Lipinski definition) is 1. The fourth-order valence-electron chi connectivity index (χ4n) is 3.60. The molecule has 1 N–H and O–H groups in total. The number of ether oxygens (including phenoxy) is 1. The average molecular weight is 383 g/mol. The van der Waals surface area contributed by atoms with E-state index < -0.39 is 6.04 Å². The Morgan fingerprint density at radius 1 is 0.862 bits per heavy atom. The Bertz CT molecular complexity index is 1260. The van der Waals surface area contributed by atoms with Crippen LogP contribution >= 0.6 is 0 Å². The van der Waals surface area contributed by atoms with Gasteiger partial charge >= 0.3 is 0 Å². The normalized spacial score (nSPS) is 15.2. The quantitative estimate of drug-likeness (QED) is 0.573. The molecule has 0 bridgehead atoms. The maximum absolute atomic E-state index is 13.0. The molecule has 0 radical (unpaired) electrons. The van der Waals surface area contributed by atoms with Crippen molar-refractivity contribution in [1.29, 1.82) is 0 Å². The zero-order valence-corrected chi connectivity index (χ0v) is 15.4. The van der Waals surface area contributed by atoms with E-state index in [1.807, 2.05) is 54.6 Å². The molecule has 0 fully saturated rings. The smallest absolute Gasteiger partial charge is 0.288 e. The van der Waals surface area contributed by atoms with Gasteiger partial charge in [-0.3, -0.25) is 9.59 Å². The molecule has 0 spiro atoms. The number of hydrogen-bond acceptors (Lipinski definition) is 4. The first-order valence-corrected chi connectivity index (χ1v) is 9.34. The van der Waals surface area contributed by atoms with Gasteiger partial charge in [-0.25, -0.2) is 0 Å². The van der Waals surface area contributed by atoms with Gasteiger partial charge < -0.3 is 14.5 Å². The largest absolute Gasteiger partial charge is 0.489 e. The summed E-state index contributed by atoms with van der Waals surface area (Å²) in [7, 11) is 0. The summed E-state index contributed by atoms with van der Waals surface area (Å²) in [4.78, 5) is 25.4. The first kappa shape index (κ1) is 17.3. The molecular formula is C24H17NO4. The standard InChI is InChI=1S/C24H17NO4/c26-22-18-8-4-5-9-19(18)29-23-20(22)21(25-24(23)27)16-10-12-17(13-11-16)28-14-15-6-2-1-3-7-15/h1-13,21H,14H2,(H,25,27). The minimum absolute atomic E-state index is 0.0862. The van der Waals surface area contributed by atoms with Gasteiger partial charge in [0.05, 0.1) is 17.0 Å². The van der Waals surface area contributed by atoms with E-state index >= 15 is 0 Å². The van der Waals surface area contributed by atoms with Crippen molar-refractivity contribution in [3.05, 3.63) is 112 Å². The lowest BCUT2D eigenvalue weighted by Crippen LogP contribution is -2.21. The molecule has 2 heterocycles. The lowest BCUT2D eigenvalue weighted by molar-refractivity contribution is 0.0938. The van der Waals surface area contributed by atoms with Crippen LogP contribution in [0, 0.1) is 0 Å². The lowest BCUT2D eigenvalue weighted by Gasteiger charge is -2.13. The van der Waals surface area contributed by atoms with Gasteiger partial charge in [-0.15, -0.1) is 0 Å². The summed E-state index contributed by atoms with van der Waals surface area (Å²) in [5.41, 5.74) is 2.46. The first-order chi connectivity index (χ1) is 14.2. The van der Waals surface area contributed by atoms with Crippen LogP contribution in [-0.4, -0.2) is 5.91 Å². The van der Waals surface area contributed by atoms with Crippen molar-refractivity contribution < 1.29 is 13.9 Å². The van der Waals surface area contributed by atoms with Crippen molar-refractivity contribution in [3.63, 3.8) is 0 Å². The summed E-state index contributed by atoms with van der Waals surface area (Å²) in [5, 5.41) is 3.32. The van der Waals surface area contributed by atoms with Crippen LogP contribution in [-0.2, 0) is 6.61 Å². The fourth-order valence-corrected chi connectivity index (χ4v) is 3.60. The molecule has 4 aromatic rings. The third-order valence-corrected chi connectivity index (χ3v) is 5.07. The van der Waals surface area contributed by atoms with Crippen LogP contribution in [0.5, 0.6) is 5.75 Å². The molecule has 3 aromatic carbocycles. The molecule has 1 aromatic heterocycles. The van der Waals surface area contributed by atoms with Crippen LogP contribution in [0.1, 0.15) is 33.3 Å². The Balaban J connectivity index is 1.45. The van der Waals surface area contributed by atoms with Crippen molar-refractivity contribution in [3.8, 4) is 5.75 Å². The van der Waals surface area contributed by atoms with Crippen LogP contribution in [0.4, 0.5) is 0 Å². The van der Waals surface area contributed by atoms with Gasteiger partial charge in [0.1, 0.15) is 17.9 Å². The molecule has 5 rings (SSSR count). The molecule has 0 saturated heterocycles. The summed E-state index contributed by atoms with van der Waals surface area (Å²) in [6.07, 6.45) is 0. The molecule has 1 atom stereocenters. The van der Waals surface area contributed by atoms with Gasteiger partial charge in [0.15, 0.2) is 5.43 Å². The van der Waals surface area contributed by atoms with E-state index in [1.54, 1.807) is 24.3 Å². The maximum Gasteiger partial charge on any atom is 0.288 e. The summed E-state index contributed by atoms with van der Waals surface area (Å²) in [5.74, 6) is 0.424. The van der Waals surface area contributed by atoms with Gasteiger partial charge in [0, 0.05) is 0 Å². The highest BCUT2D eigenvalue weighted by molar-refractivity contribution is 5.98. The second-order valence-electron chi connectivity index (χ2n) is 6.92. The lowest BCUT2D eigenvalue weighted by atomic mass is 9.99. The molecule has 29 heavy (non-hydrogen) atoms. The topological polar surface area (TPSA) is 68.5 Å². The first-order valence-electron chi connectivity index (χ1n) is 9.34. The summed E-state index contributed by atoms with van der Waals surface area (Å²) >= 11 is 0. The molecule has 5 nitrogen and oxygen atoms in total. The van der Waals surface area contributed by atoms with Gasteiger partial charge in [-0.1, -0.05) is 54.6 Å². The zero-order valence-electron chi connectivity index (χ0n) is 15.4. The summed E-state index contributed by atoms with van der Waals surface area (Å²) in [6, 6.07) is 23.7. The molecule has 1 aliphatic heterocycles. The van der Waals surface area contributed by atoms with Gasteiger partial charge in [-0.2, -0.15) is 0 Å². The molecular weight excluding hydrogens is 366 g/mol. The van der Waals surface area contributed by atoms with Gasteiger partial charge in [0.25, 0.3) is 5.91 Å². The minimum Gasteiger partial charge on any atom is -0.489 e. The molecule has 5 heteroatoms. The molecule has 0 aliphatic carbocycles. The number of para-hydroxylation sites is 1. The Kier molecular flexibility index (Phi) is 4.13. The highest BCUT2D eigenvalue weighted by Crippen LogP contribution is 2.31. The average Bonchev–Trinajstić information content (AvgIpc) is 3.10. The van der Waals surface area contributed by atoms with Crippen LogP contribution in [0.2, 0.25) is 0 Å². The monoisotopic (exact) mass is 383 g/mol. The van der Waals surface area contributed by atoms with Gasteiger partial charge in [0.2, 0.25) is 5.76 Å². The van der Waals surface area contributed by atoms with Crippen LogP contribution in [0.3, 0.4) is 0 Å². The van der Waals surface area contributed by atoms with E-state index in [-0.39, 0.29) is 17.1 Å². The van der Waals surface area contributed by atoms with Crippen molar-refractivity contribution in [2.75, 3.05) is 0 Å². The zero-order chi connectivity index (χ0) is 19.8. The number of nitrogens with one attached hydrogen (secondary N) is 1. The van der Waals surface area contributed by atoms with Gasteiger partial charge in [-0.05, 0) is 35.4 Å². The third kappa shape index (κ3) is 3.06. The summed E-state index contributed by atoms with van der Waals surface area (Å²) < 4.78 is 11.5. The third-order valence-electron chi connectivity index (χ3n) is 5.07. The van der Waals surface area contributed by atoms with E-state index in [1.165, 1.54) is 0 Å². The molecule has 1 amide bonds. The summed E-state index contributed by atoms with van der Waals surface area (Å²) in [6.45, 7) is 0.471. The van der Waals surface area contributed by atoms with E-state index in [4.69, 9.17) is 9.15 Å². The molecule has 142 valence electrons. The second-order valence-corrected chi connectivity index (χ2v) is 6.92. The van der Waals surface area contributed by atoms with E-state index in [9.17, 15) is 9.59 Å².